The third-order valence-corrected chi connectivity index (χ3v) is 5.28. The molecule has 3 aromatic rings. The molecule has 0 unspecified atom stereocenters. The molecule has 0 amide bonds. The molecule has 0 radical (unpaired) electrons. The number of pyridine rings is 1. The predicted molar refractivity (Wildman–Crippen MR) is 102 cm³/mol. The van der Waals surface area contributed by atoms with Crippen molar-refractivity contribution in [1.82, 2.24) is 15.0 Å². The van der Waals surface area contributed by atoms with E-state index < -0.39 is 0 Å². The molecule has 1 aliphatic rings. The predicted octanol–water partition coefficient (Wildman–Crippen LogP) is 3.92. The van der Waals surface area contributed by atoms with Gasteiger partial charge in [0.15, 0.2) is 0 Å². The second kappa shape index (κ2) is 6.99. The van der Waals surface area contributed by atoms with Crippen LogP contribution in [0.25, 0.3) is 10.2 Å². The summed E-state index contributed by atoms with van der Waals surface area (Å²) in [4.78, 5) is 26.8. The Morgan fingerprint density at radius 3 is 2.85 bits per heavy atom. The molecule has 1 saturated carbocycles. The van der Waals surface area contributed by atoms with Crippen LogP contribution in [0.5, 0.6) is 0 Å². The zero-order valence-electron chi connectivity index (χ0n) is 14.8. The van der Waals surface area contributed by atoms with Crippen LogP contribution in [0.15, 0.2) is 23.6 Å². The molecule has 0 atom stereocenters. The zero-order valence-corrected chi connectivity index (χ0v) is 15.6. The average molecular weight is 368 g/mol. The molecule has 0 spiro atoms. The second-order valence-electron chi connectivity index (χ2n) is 6.34. The molecule has 0 aliphatic heterocycles. The quantitative estimate of drug-likeness (QED) is 0.665. The lowest BCUT2D eigenvalue weighted by molar-refractivity contribution is 0.0598. The smallest absolute Gasteiger partial charge is 0.339 e. The van der Waals surface area contributed by atoms with Crippen LogP contribution in [0.4, 0.5) is 5.82 Å². The maximum absolute atomic E-state index is 12.0. The van der Waals surface area contributed by atoms with Gasteiger partial charge in [-0.1, -0.05) is 6.92 Å². The van der Waals surface area contributed by atoms with Crippen LogP contribution in [0.2, 0.25) is 0 Å². The number of nitrogens with zero attached hydrogens (tertiary/aromatic N) is 3. The molecule has 7 heteroatoms. The number of ether oxygens (including phenoxy) is 1. The monoisotopic (exact) mass is 368 g/mol. The molecule has 3 heterocycles. The van der Waals surface area contributed by atoms with Gasteiger partial charge >= 0.3 is 5.97 Å². The lowest BCUT2D eigenvalue weighted by Gasteiger charge is -2.11. The molecule has 0 bridgehead atoms. The minimum Gasteiger partial charge on any atom is -0.465 e. The first-order chi connectivity index (χ1) is 12.7. The Morgan fingerprint density at radius 1 is 1.27 bits per heavy atom. The lowest BCUT2D eigenvalue weighted by Crippen LogP contribution is -2.11. The van der Waals surface area contributed by atoms with Gasteiger partial charge in [-0.05, 0) is 36.4 Å². The summed E-state index contributed by atoms with van der Waals surface area (Å²) in [6.45, 7) is 2.60. The fourth-order valence-corrected chi connectivity index (χ4v) is 3.72. The Morgan fingerprint density at radius 2 is 2.12 bits per heavy atom. The molecule has 1 aliphatic carbocycles. The third kappa shape index (κ3) is 3.26. The summed E-state index contributed by atoms with van der Waals surface area (Å²) in [5.74, 6) is 1.72. The standard InChI is InChI=1S/C19H20N4O2S/c1-3-15-22-17(14-8-9-26-18(14)23-15)20-10-12-6-7-13(19(24)25-2)16(21-12)11-4-5-11/h6-9,11H,3-5,10H2,1-2H3,(H,20,22,23). The number of aryl methyl sites for hydroxylation is 1. The minimum atomic E-state index is -0.317. The van der Waals surface area contributed by atoms with Crippen molar-refractivity contribution < 1.29 is 9.53 Å². The highest BCUT2D eigenvalue weighted by Gasteiger charge is 2.30. The summed E-state index contributed by atoms with van der Waals surface area (Å²) in [6, 6.07) is 5.73. The Kier molecular flexibility index (Phi) is 4.55. The van der Waals surface area contributed by atoms with Gasteiger partial charge in [0.2, 0.25) is 0 Å². The van der Waals surface area contributed by atoms with E-state index in [9.17, 15) is 4.79 Å². The fourth-order valence-electron chi connectivity index (χ4n) is 2.93. The van der Waals surface area contributed by atoms with Crippen molar-refractivity contribution in [3.63, 3.8) is 0 Å². The van der Waals surface area contributed by atoms with E-state index in [2.05, 4.69) is 15.3 Å². The molecular formula is C19H20N4O2S. The Balaban J connectivity index is 1.59. The number of fused-ring (bicyclic) bond motifs is 1. The van der Waals surface area contributed by atoms with Crippen LogP contribution in [-0.2, 0) is 17.7 Å². The number of aromatic nitrogens is 3. The number of carbonyl (C=O) groups is 1. The van der Waals surface area contributed by atoms with E-state index in [1.54, 1.807) is 11.3 Å². The van der Waals surface area contributed by atoms with Crippen LogP contribution in [0.1, 0.15) is 53.3 Å². The number of rotatable bonds is 6. The van der Waals surface area contributed by atoms with Crippen molar-refractivity contribution in [2.24, 2.45) is 0 Å². The van der Waals surface area contributed by atoms with Gasteiger partial charge in [0.1, 0.15) is 16.5 Å². The number of hydrogen-bond donors (Lipinski definition) is 1. The van der Waals surface area contributed by atoms with E-state index in [-0.39, 0.29) is 5.97 Å². The number of carbonyl (C=O) groups excluding carboxylic acids is 1. The van der Waals surface area contributed by atoms with Crippen LogP contribution >= 0.6 is 11.3 Å². The van der Waals surface area contributed by atoms with Crippen molar-refractivity contribution in [1.29, 1.82) is 0 Å². The zero-order chi connectivity index (χ0) is 18.1. The van der Waals surface area contributed by atoms with E-state index in [4.69, 9.17) is 9.72 Å². The number of anilines is 1. The first-order valence-corrected chi connectivity index (χ1v) is 9.63. The molecule has 4 rings (SSSR count). The van der Waals surface area contributed by atoms with Crippen molar-refractivity contribution in [3.8, 4) is 0 Å². The van der Waals surface area contributed by atoms with E-state index in [0.717, 1.165) is 52.5 Å². The van der Waals surface area contributed by atoms with Crippen molar-refractivity contribution in [2.75, 3.05) is 12.4 Å². The summed E-state index contributed by atoms with van der Waals surface area (Å²) < 4.78 is 4.88. The number of thiophene rings is 1. The number of nitrogens with one attached hydrogen (secondary N) is 1. The summed E-state index contributed by atoms with van der Waals surface area (Å²) in [5, 5.41) is 6.45. The molecular weight excluding hydrogens is 348 g/mol. The van der Waals surface area contributed by atoms with E-state index >= 15 is 0 Å². The van der Waals surface area contributed by atoms with Gasteiger partial charge in [-0.25, -0.2) is 14.8 Å². The Bertz CT molecular complexity index is 965. The van der Waals surface area contributed by atoms with Crippen LogP contribution in [0.3, 0.4) is 0 Å². The van der Waals surface area contributed by atoms with E-state index in [1.807, 2.05) is 30.5 Å². The van der Waals surface area contributed by atoms with Gasteiger partial charge in [0.25, 0.3) is 0 Å². The van der Waals surface area contributed by atoms with Gasteiger partial charge < -0.3 is 10.1 Å². The summed E-state index contributed by atoms with van der Waals surface area (Å²) in [7, 11) is 1.40. The topological polar surface area (TPSA) is 77.0 Å². The lowest BCUT2D eigenvalue weighted by atomic mass is 10.1. The maximum atomic E-state index is 12.0. The third-order valence-electron chi connectivity index (χ3n) is 4.48. The first-order valence-electron chi connectivity index (χ1n) is 8.75. The normalized spacial score (nSPS) is 13.8. The number of hydrogen-bond acceptors (Lipinski definition) is 7. The largest absolute Gasteiger partial charge is 0.465 e. The Labute approximate surface area is 155 Å². The van der Waals surface area contributed by atoms with Crippen molar-refractivity contribution >= 4 is 33.3 Å². The molecule has 0 saturated heterocycles. The number of methoxy groups -OCH3 is 1. The molecule has 0 aromatic carbocycles. The SMILES string of the molecule is CCc1nc(NCc2ccc(C(=O)OC)c(C3CC3)n2)c2ccsc2n1. The van der Waals surface area contributed by atoms with Crippen molar-refractivity contribution in [3.05, 3.63) is 46.4 Å². The van der Waals surface area contributed by atoms with Crippen LogP contribution < -0.4 is 5.32 Å². The Hall–Kier alpha value is -2.54. The summed E-state index contributed by atoms with van der Waals surface area (Å²) in [5.41, 5.74) is 2.32. The van der Waals surface area contributed by atoms with Crippen molar-refractivity contribution in [2.45, 2.75) is 38.6 Å². The van der Waals surface area contributed by atoms with Crippen LogP contribution in [0, 0.1) is 0 Å². The van der Waals surface area contributed by atoms with Gasteiger partial charge in [-0.3, -0.25) is 4.98 Å². The summed E-state index contributed by atoms with van der Waals surface area (Å²) >= 11 is 1.62. The van der Waals surface area contributed by atoms with Crippen LogP contribution in [-0.4, -0.2) is 28.0 Å². The fraction of sp³-hybridized carbons (Fsp3) is 0.368. The molecule has 1 fully saturated rings. The minimum absolute atomic E-state index is 0.317. The van der Waals surface area contributed by atoms with E-state index in [0.29, 0.717) is 18.0 Å². The second-order valence-corrected chi connectivity index (χ2v) is 7.23. The van der Waals surface area contributed by atoms with Gasteiger partial charge in [0, 0.05) is 12.3 Å². The molecule has 1 N–H and O–H groups in total. The molecule has 26 heavy (non-hydrogen) atoms. The highest BCUT2D eigenvalue weighted by molar-refractivity contribution is 7.16. The molecule has 3 aromatic heterocycles. The van der Waals surface area contributed by atoms with Gasteiger partial charge in [0.05, 0.1) is 36.0 Å². The molecule has 134 valence electrons. The average Bonchev–Trinajstić information content (AvgIpc) is 3.42. The maximum Gasteiger partial charge on any atom is 0.339 e. The number of esters is 1. The van der Waals surface area contributed by atoms with Gasteiger partial charge in [-0.15, -0.1) is 11.3 Å². The summed E-state index contributed by atoms with van der Waals surface area (Å²) in [6.07, 6.45) is 2.95. The van der Waals surface area contributed by atoms with Gasteiger partial charge in [-0.2, -0.15) is 0 Å². The van der Waals surface area contributed by atoms with E-state index in [1.165, 1.54) is 7.11 Å². The first kappa shape index (κ1) is 16.9. The highest BCUT2D eigenvalue weighted by Crippen LogP contribution is 2.40. The highest BCUT2D eigenvalue weighted by atomic mass is 32.1. The molecule has 6 nitrogen and oxygen atoms in total.